The topological polar surface area (TPSA) is 78.9 Å². The van der Waals surface area contributed by atoms with Crippen molar-refractivity contribution in [2.75, 3.05) is 49.5 Å². The van der Waals surface area contributed by atoms with Gasteiger partial charge in [0, 0.05) is 68.8 Å². The molecule has 1 amide bonds. The molecule has 2 aromatic heterocycles. The number of nitrogens with zero attached hydrogens (tertiary/aromatic N) is 4. The van der Waals surface area contributed by atoms with E-state index in [1.54, 1.807) is 0 Å². The van der Waals surface area contributed by atoms with Gasteiger partial charge in [-0.3, -0.25) is 4.79 Å². The molecule has 0 unspecified atom stereocenters. The van der Waals surface area contributed by atoms with E-state index in [4.69, 9.17) is 5.73 Å². The van der Waals surface area contributed by atoms with Gasteiger partial charge in [-0.15, -0.1) is 0 Å². The number of piperazine rings is 1. The van der Waals surface area contributed by atoms with Crippen molar-refractivity contribution in [1.82, 2.24) is 14.5 Å². The number of hydrogen-bond donors (Lipinski definition) is 2. The molecule has 30 heavy (non-hydrogen) atoms. The lowest BCUT2D eigenvalue weighted by atomic mass is 10.1. The fraction of sp³-hybridized carbons (Fsp3) is 0.391. The van der Waals surface area contributed by atoms with E-state index in [1.807, 2.05) is 15.6 Å². The van der Waals surface area contributed by atoms with Crippen LogP contribution in [0, 0.1) is 5.92 Å². The number of carbonyl (C=O) groups is 1. The zero-order chi connectivity index (χ0) is 20.5. The Balaban J connectivity index is 1.34. The van der Waals surface area contributed by atoms with Crippen molar-refractivity contribution in [2.24, 2.45) is 11.7 Å². The van der Waals surface area contributed by atoms with Gasteiger partial charge in [0.15, 0.2) is 0 Å². The Kier molecular flexibility index (Phi) is 5.04. The summed E-state index contributed by atoms with van der Waals surface area (Å²) in [5, 5.41) is 7.81. The Morgan fingerprint density at radius 1 is 1.07 bits per heavy atom. The molecule has 1 saturated heterocycles. The summed E-state index contributed by atoms with van der Waals surface area (Å²) >= 11 is 0. The molecule has 7 nitrogen and oxygen atoms in total. The van der Waals surface area contributed by atoms with Crippen molar-refractivity contribution in [3.63, 3.8) is 0 Å². The maximum Gasteiger partial charge on any atom is 0.225 e. The SMILES string of the molecule is NCCNc1ccc(-c2cc3c(N4CCN(C(=O)C5CC5)CC4)ccnn3c2)cc1. The fourth-order valence-corrected chi connectivity index (χ4v) is 4.18. The Labute approximate surface area is 176 Å². The highest BCUT2D eigenvalue weighted by molar-refractivity contribution is 5.82. The molecule has 7 heteroatoms. The van der Waals surface area contributed by atoms with Crippen LogP contribution in [-0.4, -0.2) is 59.7 Å². The summed E-state index contributed by atoms with van der Waals surface area (Å²) in [6, 6.07) is 12.7. The predicted octanol–water partition coefficient (Wildman–Crippen LogP) is 2.43. The van der Waals surface area contributed by atoms with E-state index in [1.165, 1.54) is 5.69 Å². The minimum Gasteiger partial charge on any atom is -0.384 e. The third-order valence-electron chi connectivity index (χ3n) is 6.04. The minimum absolute atomic E-state index is 0.300. The van der Waals surface area contributed by atoms with Gasteiger partial charge < -0.3 is 20.9 Å². The van der Waals surface area contributed by atoms with Gasteiger partial charge in [-0.25, -0.2) is 4.52 Å². The van der Waals surface area contributed by atoms with Gasteiger partial charge in [-0.1, -0.05) is 12.1 Å². The zero-order valence-corrected chi connectivity index (χ0v) is 17.1. The number of nitrogens with two attached hydrogens (primary N) is 1. The number of carbonyl (C=O) groups excluding carboxylic acids is 1. The van der Waals surface area contributed by atoms with E-state index >= 15 is 0 Å². The van der Waals surface area contributed by atoms with E-state index in [0.29, 0.717) is 18.4 Å². The van der Waals surface area contributed by atoms with E-state index in [2.05, 4.69) is 57.9 Å². The number of anilines is 2. The van der Waals surface area contributed by atoms with Crippen LogP contribution >= 0.6 is 0 Å². The molecule has 1 aromatic carbocycles. The molecular weight excluding hydrogens is 376 g/mol. The van der Waals surface area contributed by atoms with Gasteiger partial charge in [-0.2, -0.15) is 5.10 Å². The molecule has 2 aliphatic rings. The highest BCUT2D eigenvalue weighted by Crippen LogP contribution is 2.32. The lowest BCUT2D eigenvalue weighted by Crippen LogP contribution is -2.49. The van der Waals surface area contributed by atoms with Crippen molar-refractivity contribution in [1.29, 1.82) is 0 Å². The van der Waals surface area contributed by atoms with Gasteiger partial charge >= 0.3 is 0 Å². The molecule has 156 valence electrons. The van der Waals surface area contributed by atoms with Crippen LogP contribution in [0.3, 0.4) is 0 Å². The van der Waals surface area contributed by atoms with Crippen LogP contribution < -0.4 is 16.0 Å². The molecule has 5 rings (SSSR count). The first-order chi connectivity index (χ1) is 14.7. The van der Waals surface area contributed by atoms with E-state index in [9.17, 15) is 4.79 Å². The van der Waals surface area contributed by atoms with E-state index < -0.39 is 0 Å². The van der Waals surface area contributed by atoms with Crippen LogP contribution in [0.4, 0.5) is 11.4 Å². The first kappa shape index (κ1) is 18.9. The van der Waals surface area contributed by atoms with Gasteiger partial charge in [-0.05, 0) is 42.7 Å². The maximum absolute atomic E-state index is 12.3. The van der Waals surface area contributed by atoms with Crippen LogP contribution in [0.15, 0.2) is 48.8 Å². The number of rotatable bonds is 6. The highest BCUT2D eigenvalue weighted by Gasteiger charge is 2.34. The second kappa shape index (κ2) is 7.99. The Hall–Kier alpha value is -3.06. The summed E-state index contributed by atoms with van der Waals surface area (Å²) in [6.45, 7) is 4.70. The lowest BCUT2D eigenvalue weighted by Gasteiger charge is -2.36. The Morgan fingerprint density at radius 3 is 2.53 bits per heavy atom. The quantitative estimate of drug-likeness (QED) is 0.660. The van der Waals surface area contributed by atoms with Gasteiger partial charge in [0.2, 0.25) is 5.91 Å². The molecule has 0 spiro atoms. The summed E-state index contributed by atoms with van der Waals surface area (Å²) in [6.07, 6.45) is 6.07. The summed E-state index contributed by atoms with van der Waals surface area (Å²) in [7, 11) is 0. The second-order valence-corrected chi connectivity index (χ2v) is 8.15. The number of aromatic nitrogens is 2. The highest BCUT2D eigenvalue weighted by atomic mass is 16.2. The monoisotopic (exact) mass is 404 g/mol. The molecule has 0 bridgehead atoms. The molecule has 1 aliphatic carbocycles. The smallest absolute Gasteiger partial charge is 0.225 e. The first-order valence-corrected chi connectivity index (χ1v) is 10.8. The van der Waals surface area contributed by atoms with Gasteiger partial charge in [0.1, 0.15) is 0 Å². The Bertz CT molecular complexity index is 1030. The molecule has 2 fully saturated rings. The van der Waals surface area contributed by atoms with E-state index in [0.717, 1.165) is 67.9 Å². The zero-order valence-electron chi connectivity index (χ0n) is 17.1. The predicted molar refractivity (Wildman–Crippen MR) is 120 cm³/mol. The Morgan fingerprint density at radius 2 is 1.83 bits per heavy atom. The van der Waals surface area contributed by atoms with Crippen molar-refractivity contribution in [3.8, 4) is 11.1 Å². The molecule has 1 saturated carbocycles. The number of nitrogens with one attached hydrogen (secondary N) is 1. The van der Waals surface area contributed by atoms with Crippen LogP contribution in [0.1, 0.15) is 12.8 Å². The molecule has 1 aliphatic heterocycles. The molecule has 3 N–H and O–H groups in total. The number of fused-ring (bicyclic) bond motifs is 1. The van der Waals surface area contributed by atoms with E-state index in [-0.39, 0.29) is 0 Å². The summed E-state index contributed by atoms with van der Waals surface area (Å²) < 4.78 is 1.95. The molecule has 0 atom stereocenters. The number of benzene rings is 1. The maximum atomic E-state index is 12.3. The fourth-order valence-electron chi connectivity index (χ4n) is 4.18. The molecule has 3 aromatic rings. The average molecular weight is 405 g/mol. The first-order valence-electron chi connectivity index (χ1n) is 10.8. The standard InChI is InChI=1S/C23H28N6O/c24-8-10-25-20-5-3-17(4-6-20)19-15-22-21(7-9-26-29(22)16-19)27-11-13-28(14-12-27)23(30)18-1-2-18/h3-7,9,15-16,18,25H,1-2,8,10-14,24H2. The van der Waals surface area contributed by atoms with Crippen LogP contribution in [0.25, 0.3) is 16.6 Å². The number of hydrogen-bond acceptors (Lipinski definition) is 5. The number of amides is 1. The largest absolute Gasteiger partial charge is 0.384 e. The minimum atomic E-state index is 0.300. The third kappa shape index (κ3) is 3.73. The third-order valence-corrected chi connectivity index (χ3v) is 6.04. The second-order valence-electron chi connectivity index (χ2n) is 8.15. The van der Waals surface area contributed by atoms with Crippen LogP contribution in [0.2, 0.25) is 0 Å². The van der Waals surface area contributed by atoms with Crippen molar-refractivity contribution >= 4 is 22.8 Å². The normalized spacial score (nSPS) is 16.8. The van der Waals surface area contributed by atoms with Crippen LogP contribution in [-0.2, 0) is 4.79 Å². The lowest BCUT2D eigenvalue weighted by molar-refractivity contribution is -0.132. The van der Waals surface area contributed by atoms with Crippen molar-refractivity contribution < 1.29 is 4.79 Å². The summed E-state index contributed by atoms with van der Waals surface area (Å²) in [5.41, 5.74) is 11.2. The molecule has 3 heterocycles. The van der Waals surface area contributed by atoms with Gasteiger partial charge in [0.25, 0.3) is 0 Å². The van der Waals surface area contributed by atoms with Crippen molar-refractivity contribution in [2.45, 2.75) is 12.8 Å². The summed E-state index contributed by atoms with van der Waals surface area (Å²) in [5.74, 6) is 0.651. The summed E-state index contributed by atoms with van der Waals surface area (Å²) in [4.78, 5) is 16.8. The van der Waals surface area contributed by atoms with Gasteiger partial charge in [0.05, 0.1) is 11.2 Å². The molecular formula is C23H28N6O. The van der Waals surface area contributed by atoms with Crippen molar-refractivity contribution in [3.05, 3.63) is 48.8 Å². The average Bonchev–Trinajstić information content (AvgIpc) is 3.55. The molecule has 0 radical (unpaired) electrons. The van der Waals surface area contributed by atoms with Crippen LogP contribution in [0.5, 0.6) is 0 Å².